The number of sulfone groups is 1. The summed E-state index contributed by atoms with van der Waals surface area (Å²) in [5.41, 5.74) is 3.16. The molecule has 2 aromatic heterocycles. The molecule has 0 atom stereocenters. The van der Waals surface area contributed by atoms with Crippen molar-refractivity contribution >= 4 is 39.5 Å². The molecule has 1 aromatic carbocycles. The lowest BCUT2D eigenvalue weighted by Crippen LogP contribution is -2.26. The van der Waals surface area contributed by atoms with Gasteiger partial charge in [-0.05, 0) is 61.8 Å². The number of benzene rings is 1. The summed E-state index contributed by atoms with van der Waals surface area (Å²) in [5.74, 6) is 1.34. The minimum Gasteiger partial charge on any atom is -0.351 e. The highest BCUT2D eigenvalue weighted by molar-refractivity contribution is 7.90. The molecule has 0 bridgehead atoms. The van der Waals surface area contributed by atoms with Crippen LogP contribution >= 0.6 is 11.6 Å². The van der Waals surface area contributed by atoms with E-state index < -0.39 is 9.84 Å². The molecule has 4 rings (SSSR count). The average molecular weight is 525 g/mol. The van der Waals surface area contributed by atoms with Gasteiger partial charge in [0.15, 0.2) is 9.84 Å². The Bertz CT molecular complexity index is 1300. The lowest BCUT2D eigenvalue weighted by atomic mass is 9.85. The quantitative estimate of drug-likeness (QED) is 0.339. The Morgan fingerprint density at radius 1 is 1.00 bits per heavy atom. The Labute approximate surface area is 219 Å². The number of pyridine rings is 1. The standard InChI is InChI=1S/C28H33ClN4O2S/c1-3-20-10-14-23(15-11-20)33-28-30-17-21(18-31-28)9-12-22-13-16-24(32-26(22)4-2)19-36(34,35)27-8-6-5-7-25(27)29/h5-9,12-13,16-18,20,23H,3-4,10-11,14-15,19H2,1-2H3,(H,30,31,33)/b12-9+. The first-order valence-electron chi connectivity index (χ1n) is 12.6. The van der Waals surface area contributed by atoms with Gasteiger partial charge in [-0.25, -0.2) is 18.4 Å². The highest BCUT2D eigenvalue weighted by Gasteiger charge is 2.21. The third kappa shape index (κ3) is 6.71. The van der Waals surface area contributed by atoms with Gasteiger partial charge in [-0.1, -0.05) is 62.2 Å². The zero-order valence-electron chi connectivity index (χ0n) is 20.8. The molecule has 3 aromatic rings. The maximum Gasteiger partial charge on any atom is 0.222 e. The van der Waals surface area contributed by atoms with Crippen LogP contribution in [0.3, 0.4) is 0 Å². The summed E-state index contributed by atoms with van der Waals surface area (Å²) in [7, 11) is -3.59. The van der Waals surface area contributed by atoms with Gasteiger partial charge < -0.3 is 5.32 Å². The van der Waals surface area contributed by atoms with E-state index in [1.165, 1.54) is 38.2 Å². The molecular formula is C28H33ClN4O2S. The largest absolute Gasteiger partial charge is 0.351 e. The minimum atomic E-state index is -3.59. The molecule has 1 fully saturated rings. The lowest BCUT2D eigenvalue weighted by molar-refractivity contribution is 0.329. The summed E-state index contributed by atoms with van der Waals surface area (Å²) in [6.07, 6.45) is 14.4. The van der Waals surface area contributed by atoms with Crippen molar-refractivity contribution in [2.75, 3.05) is 5.32 Å². The molecule has 190 valence electrons. The second kappa shape index (κ2) is 12.0. The van der Waals surface area contributed by atoms with Crippen molar-refractivity contribution < 1.29 is 8.42 Å². The number of hydrogen-bond acceptors (Lipinski definition) is 6. The van der Waals surface area contributed by atoms with Gasteiger partial charge in [0, 0.05) is 29.7 Å². The first kappa shape index (κ1) is 26.3. The molecule has 6 nitrogen and oxygen atoms in total. The molecule has 0 amide bonds. The summed E-state index contributed by atoms with van der Waals surface area (Å²) in [4.78, 5) is 13.7. The third-order valence-corrected chi connectivity index (χ3v) is 8.94. The topological polar surface area (TPSA) is 84.8 Å². The van der Waals surface area contributed by atoms with Crippen LogP contribution in [0.4, 0.5) is 5.95 Å². The highest BCUT2D eigenvalue weighted by atomic mass is 35.5. The number of anilines is 1. The lowest BCUT2D eigenvalue weighted by Gasteiger charge is -2.28. The average Bonchev–Trinajstić information content (AvgIpc) is 2.89. The number of rotatable bonds is 9. The van der Waals surface area contributed by atoms with Gasteiger partial charge in [-0.15, -0.1) is 0 Å². The molecule has 8 heteroatoms. The van der Waals surface area contributed by atoms with Gasteiger partial charge in [0.1, 0.15) is 0 Å². The molecule has 0 spiro atoms. The van der Waals surface area contributed by atoms with Crippen LogP contribution in [0, 0.1) is 5.92 Å². The Morgan fingerprint density at radius 2 is 1.72 bits per heavy atom. The molecule has 0 radical (unpaired) electrons. The van der Waals surface area contributed by atoms with Crippen molar-refractivity contribution in [3.8, 4) is 0 Å². The number of aryl methyl sites for hydroxylation is 1. The van der Waals surface area contributed by atoms with Gasteiger partial charge in [0.25, 0.3) is 0 Å². The van der Waals surface area contributed by atoms with E-state index in [1.807, 2.05) is 37.5 Å². The minimum absolute atomic E-state index is 0.127. The Hall–Kier alpha value is -2.77. The van der Waals surface area contributed by atoms with Crippen molar-refractivity contribution in [1.29, 1.82) is 0 Å². The van der Waals surface area contributed by atoms with Crippen molar-refractivity contribution in [1.82, 2.24) is 15.0 Å². The van der Waals surface area contributed by atoms with Crippen LogP contribution in [-0.4, -0.2) is 29.4 Å². The predicted molar refractivity (Wildman–Crippen MR) is 147 cm³/mol. The van der Waals surface area contributed by atoms with Crippen LogP contribution in [0.15, 0.2) is 53.7 Å². The Kier molecular flexibility index (Phi) is 8.75. The van der Waals surface area contributed by atoms with Gasteiger partial charge >= 0.3 is 0 Å². The molecular weight excluding hydrogens is 492 g/mol. The third-order valence-electron chi connectivity index (χ3n) is 6.80. The first-order chi connectivity index (χ1) is 17.4. The second-order valence-corrected chi connectivity index (χ2v) is 11.7. The molecule has 0 saturated heterocycles. The molecule has 1 saturated carbocycles. The van der Waals surface area contributed by atoms with E-state index in [-0.39, 0.29) is 15.7 Å². The summed E-state index contributed by atoms with van der Waals surface area (Å²) in [6, 6.07) is 10.6. The summed E-state index contributed by atoms with van der Waals surface area (Å²) < 4.78 is 25.7. The number of aromatic nitrogens is 3. The van der Waals surface area contributed by atoms with E-state index in [1.54, 1.807) is 24.3 Å². The fourth-order valence-corrected chi connectivity index (χ4v) is 6.47. The monoisotopic (exact) mass is 524 g/mol. The zero-order valence-corrected chi connectivity index (χ0v) is 22.4. The number of nitrogens with one attached hydrogen (secondary N) is 1. The molecule has 0 aliphatic heterocycles. The summed E-state index contributed by atoms with van der Waals surface area (Å²) >= 11 is 6.10. The predicted octanol–water partition coefficient (Wildman–Crippen LogP) is 6.61. The molecule has 36 heavy (non-hydrogen) atoms. The van der Waals surface area contributed by atoms with E-state index in [0.717, 1.165) is 22.7 Å². The summed E-state index contributed by atoms with van der Waals surface area (Å²) in [6.45, 7) is 4.28. The number of hydrogen-bond donors (Lipinski definition) is 1. The Morgan fingerprint density at radius 3 is 2.39 bits per heavy atom. The Balaban J connectivity index is 1.41. The number of nitrogens with zero attached hydrogens (tertiary/aromatic N) is 3. The maximum atomic E-state index is 12.8. The van der Waals surface area contributed by atoms with Gasteiger partial charge in [0.05, 0.1) is 21.4 Å². The van der Waals surface area contributed by atoms with E-state index in [0.29, 0.717) is 24.1 Å². The van der Waals surface area contributed by atoms with Crippen LogP contribution in [0.25, 0.3) is 12.2 Å². The van der Waals surface area contributed by atoms with Crippen LogP contribution < -0.4 is 5.32 Å². The molecule has 1 N–H and O–H groups in total. The van der Waals surface area contributed by atoms with E-state index in [2.05, 4.69) is 27.2 Å². The van der Waals surface area contributed by atoms with Crippen LogP contribution in [-0.2, 0) is 22.0 Å². The van der Waals surface area contributed by atoms with E-state index in [9.17, 15) is 8.42 Å². The normalized spacial score (nSPS) is 18.4. The number of halogens is 1. The zero-order chi connectivity index (χ0) is 25.5. The summed E-state index contributed by atoms with van der Waals surface area (Å²) in [5, 5.41) is 3.69. The fraction of sp³-hybridized carbons (Fsp3) is 0.393. The van der Waals surface area contributed by atoms with Gasteiger partial charge in [-0.2, -0.15) is 0 Å². The van der Waals surface area contributed by atoms with Crippen molar-refractivity contribution in [3.63, 3.8) is 0 Å². The van der Waals surface area contributed by atoms with Crippen LogP contribution in [0.1, 0.15) is 68.5 Å². The van der Waals surface area contributed by atoms with Crippen molar-refractivity contribution in [2.24, 2.45) is 5.92 Å². The second-order valence-electron chi connectivity index (χ2n) is 9.33. The van der Waals surface area contributed by atoms with E-state index >= 15 is 0 Å². The smallest absolute Gasteiger partial charge is 0.222 e. The molecule has 2 heterocycles. The van der Waals surface area contributed by atoms with Crippen molar-refractivity contribution in [2.45, 2.75) is 69.1 Å². The van der Waals surface area contributed by atoms with Crippen LogP contribution in [0.2, 0.25) is 5.02 Å². The van der Waals surface area contributed by atoms with Gasteiger partial charge in [-0.3, -0.25) is 4.98 Å². The SMILES string of the molecule is CCc1nc(CS(=O)(=O)c2ccccc2Cl)ccc1/C=C/c1cnc(NC2CCC(CC)CC2)nc1. The maximum absolute atomic E-state index is 12.8. The van der Waals surface area contributed by atoms with E-state index in [4.69, 9.17) is 11.6 Å². The highest BCUT2D eigenvalue weighted by Crippen LogP contribution is 2.28. The fourth-order valence-electron chi connectivity index (χ4n) is 4.62. The van der Waals surface area contributed by atoms with Crippen LogP contribution in [0.5, 0.6) is 0 Å². The van der Waals surface area contributed by atoms with Gasteiger partial charge in [0.2, 0.25) is 5.95 Å². The molecule has 1 aliphatic carbocycles. The molecule has 0 unspecified atom stereocenters. The van der Waals surface area contributed by atoms with Crippen molar-refractivity contribution in [3.05, 3.63) is 76.3 Å². The first-order valence-corrected chi connectivity index (χ1v) is 14.6. The molecule has 1 aliphatic rings.